The van der Waals surface area contributed by atoms with Crippen molar-refractivity contribution >= 4 is 58.3 Å². The van der Waals surface area contributed by atoms with Crippen LogP contribution in [0.3, 0.4) is 0 Å². The van der Waals surface area contributed by atoms with Gasteiger partial charge in [0, 0.05) is 14.9 Å². The molecule has 5 unspecified atom stereocenters. The molecule has 5 aromatic carbocycles. The van der Waals surface area contributed by atoms with Gasteiger partial charge in [-0.25, -0.2) is 4.39 Å². The molecule has 0 amide bonds. The average Bonchev–Trinajstić information content (AvgIpc) is 1.66. The van der Waals surface area contributed by atoms with Gasteiger partial charge in [-0.15, -0.1) is 0 Å². The molecule has 5 aliphatic heterocycles. The average molecular weight is 1390 g/mol. The van der Waals surface area contributed by atoms with Crippen LogP contribution >= 0.6 is 27.5 Å². The Morgan fingerprint density at radius 2 is 0.674 bits per heavy atom. The van der Waals surface area contributed by atoms with Gasteiger partial charge >= 0.3 is 30.8 Å². The van der Waals surface area contributed by atoms with Crippen LogP contribution in [-0.2, 0) is 75.0 Å². The second-order valence-electron chi connectivity index (χ2n) is 27.9. The number of fused-ring (bicyclic) bond motifs is 10. The van der Waals surface area contributed by atoms with Crippen molar-refractivity contribution < 1.29 is 52.3 Å². The Morgan fingerprint density at radius 1 is 0.368 bits per heavy atom. The molecule has 0 saturated carbocycles. The number of aryl methyl sites for hydroxylation is 2. The van der Waals surface area contributed by atoms with E-state index in [9.17, 15) is 4.39 Å². The minimum Gasteiger partial charge on any atom is -0.317 e. The van der Waals surface area contributed by atoms with E-state index in [-0.39, 0.29) is 42.0 Å². The summed E-state index contributed by atoms with van der Waals surface area (Å²) in [6.45, 7) is 27.8. The topological polar surface area (TPSA) is 231 Å². The summed E-state index contributed by atoms with van der Waals surface area (Å²) in [4.78, 5) is 81.2. The number of benzene rings is 5. The van der Waals surface area contributed by atoms with E-state index in [1.54, 1.807) is 45.5 Å². The van der Waals surface area contributed by atoms with Crippen molar-refractivity contribution in [2.45, 2.75) is 201 Å². The van der Waals surface area contributed by atoms with Crippen molar-refractivity contribution in [3.8, 4) is 0 Å². The van der Waals surface area contributed by atoms with Crippen molar-refractivity contribution in [1.82, 2.24) is 26.6 Å². The summed E-state index contributed by atoms with van der Waals surface area (Å²) in [5.41, 5.74) is 20.3. The van der Waals surface area contributed by atoms with Crippen LogP contribution in [0.5, 0.6) is 0 Å². The molecule has 0 bridgehead atoms. The predicted molar refractivity (Wildman–Crippen MR) is 363 cm³/mol. The molecular formula is C77H96BrClFN5O10. The van der Waals surface area contributed by atoms with E-state index in [0.717, 1.165) is 61.8 Å². The Hall–Kier alpha value is -6.50. The molecule has 0 radical (unpaired) electrons. The van der Waals surface area contributed by atoms with E-state index in [2.05, 4.69) is 164 Å². The van der Waals surface area contributed by atoms with Gasteiger partial charge in [0.15, 0.2) is 0 Å². The van der Waals surface area contributed by atoms with Gasteiger partial charge in [0.1, 0.15) is 5.82 Å². The molecule has 5 heterocycles. The van der Waals surface area contributed by atoms with Gasteiger partial charge in [-0.3, -0.25) is 0 Å². The molecule has 15 rings (SSSR count). The maximum atomic E-state index is 13.4. The highest BCUT2D eigenvalue weighted by Gasteiger charge is 2.47. The van der Waals surface area contributed by atoms with Gasteiger partial charge in [0.05, 0.1) is 0 Å². The first kappa shape index (κ1) is 77.5. The number of piperidine rings is 5. The SMILES string of the molecule is CC1CC2(CCNCC2)c2c(Br)cccc21.CC1CC2(CCNCC2)c2c(Cl)cccc21.CC1CC2(CCNCC2)c2cc(F)ccc21.Cc1ccc2c(c1)C(C)CC21CCNCC1.Cc1ccc2c(c1)C1(CCNCC1)CC2C.O=C=O.O=C=O.O=C=O.O=C=O.O=C=O. The van der Waals surface area contributed by atoms with Crippen LogP contribution in [0.4, 0.5) is 4.39 Å². The third kappa shape index (κ3) is 18.6. The van der Waals surface area contributed by atoms with E-state index in [0.29, 0.717) is 33.5 Å². The number of carbonyl (C=O) groups excluding carboxylic acids is 10. The smallest absolute Gasteiger partial charge is 0.317 e. The van der Waals surface area contributed by atoms with Gasteiger partial charge in [-0.2, -0.15) is 47.9 Å². The van der Waals surface area contributed by atoms with E-state index in [4.69, 9.17) is 59.5 Å². The molecule has 5 atom stereocenters. The quantitative estimate of drug-likeness (QED) is 0.0971. The third-order valence-electron chi connectivity index (χ3n) is 22.2. The third-order valence-corrected chi connectivity index (χ3v) is 23.2. The first-order valence-electron chi connectivity index (χ1n) is 33.8. The van der Waals surface area contributed by atoms with Gasteiger partial charge in [-0.1, -0.05) is 140 Å². The Bertz CT molecular complexity index is 3270. The van der Waals surface area contributed by atoms with Crippen molar-refractivity contribution in [2.75, 3.05) is 65.4 Å². The van der Waals surface area contributed by atoms with Crippen molar-refractivity contribution in [3.05, 3.63) is 173 Å². The lowest BCUT2D eigenvalue weighted by Crippen LogP contribution is -2.38. The Morgan fingerprint density at radius 3 is 1.11 bits per heavy atom. The fourth-order valence-corrected chi connectivity index (χ4v) is 19.6. The van der Waals surface area contributed by atoms with Crippen LogP contribution in [0.25, 0.3) is 0 Å². The molecule has 510 valence electrons. The van der Waals surface area contributed by atoms with Gasteiger partial charge in [0.2, 0.25) is 0 Å². The lowest BCUT2D eigenvalue weighted by molar-refractivity contribution is -0.193. The van der Waals surface area contributed by atoms with Gasteiger partial charge in [-0.05, 0) is 307 Å². The summed E-state index contributed by atoms with van der Waals surface area (Å²) in [6, 6.07) is 32.7. The Labute approximate surface area is 574 Å². The van der Waals surface area contributed by atoms with Crippen LogP contribution in [0.15, 0.2) is 95.5 Å². The fraction of sp³-hybridized carbons (Fsp3) is 0.545. The van der Waals surface area contributed by atoms with Crippen LogP contribution in [0.2, 0.25) is 5.02 Å². The molecule has 5 N–H and O–H groups in total. The van der Waals surface area contributed by atoms with E-state index < -0.39 is 0 Å². The molecule has 5 spiro atoms. The van der Waals surface area contributed by atoms with Crippen LogP contribution in [-0.4, -0.2) is 96.2 Å². The zero-order chi connectivity index (χ0) is 69.4. The normalized spacial score (nSPS) is 23.2. The summed E-state index contributed by atoms with van der Waals surface area (Å²) in [7, 11) is 0. The van der Waals surface area contributed by atoms with Crippen LogP contribution in [0, 0.1) is 19.7 Å². The first-order chi connectivity index (χ1) is 45.7. The second kappa shape index (κ2) is 36.7. The maximum absolute atomic E-state index is 13.4. The molecule has 0 aromatic heterocycles. The maximum Gasteiger partial charge on any atom is 0.373 e. The molecular weight excluding hydrogens is 1290 g/mol. The highest BCUT2D eigenvalue weighted by Crippen LogP contribution is 2.56. The standard InChI is InChI=1S/2C15H21N.C14H18BrN.C14H18ClN.C14H18FN.5CO2/c1-11-3-4-14-13(9-11)12(2)10-15(14)5-7-16-8-6-15;1-11-3-4-13-12(2)10-15(14(13)9-11)5-7-16-8-6-15;2*1-10-9-14(5-7-16-8-6-14)13-11(10)3-2-4-12(13)15;1-10-9-14(4-6-16-7-5-14)13-8-11(15)2-3-12(10)13;5*2-1-3/h2*3-4,9,12,16H,5-8,10H2,1-2H3;2*2-4,10,16H,5-9H2,1H3;2-3,8,10,16H,4-7,9H2,1H3;;;;;. The van der Waals surface area contributed by atoms with E-state index >= 15 is 0 Å². The van der Waals surface area contributed by atoms with Crippen LogP contribution in [0.1, 0.15) is 227 Å². The molecule has 5 aromatic rings. The van der Waals surface area contributed by atoms with Gasteiger partial charge in [0.25, 0.3) is 0 Å². The monoisotopic (exact) mass is 1380 g/mol. The van der Waals surface area contributed by atoms with E-state index in [1.807, 2.05) is 6.07 Å². The van der Waals surface area contributed by atoms with Crippen molar-refractivity contribution in [3.63, 3.8) is 0 Å². The largest absolute Gasteiger partial charge is 0.373 e. The number of hydrogen-bond acceptors (Lipinski definition) is 15. The molecule has 10 aliphatic rings. The minimum absolute atomic E-state index is 0.0780. The van der Waals surface area contributed by atoms with Crippen LogP contribution < -0.4 is 26.6 Å². The summed E-state index contributed by atoms with van der Waals surface area (Å²) in [5, 5.41) is 18.3. The zero-order valence-electron chi connectivity index (χ0n) is 56.4. The summed E-state index contributed by atoms with van der Waals surface area (Å²) < 4.78 is 14.7. The Balaban J connectivity index is 0.000000178. The minimum atomic E-state index is -0.0780. The van der Waals surface area contributed by atoms with Crippen molar-refractivity contribution in [1.29, 1.82) is 0 Å². The highest BCUT2D eigenvalue weighted by molar-refractivity contribution is 9.10. The first-order valence-corrected chi connectivity index (χ1v) is 34.9. The van der Waals surface area contributed by atoms with Crippen molar-refractivity contribution in [2.24, 2.45) is 0 Å². The number of rotatable bonds is 0. The number of nitrogens with one attached hydrogen (secondary N) is 5. The summed E-state index contributed by atoms with van der Waals surface area (Å²) in [5.74, 6) is 3.43. The fourth-order valence-electron chi connectivity index (χ4n) is 18.4. The second-order valence-corrected chi connectivity index (χ2v) is 29.2. The number of halogens is 3. The molecule has 15 nitrogen and oxygen atoms in total. The molecule has 5 saturated heterocycles. The lowest BCUT2D eigenvalue weighted by Gasteiger charge is -2.35. The molecule has 95 heavy (non-hydrogen) atoms. The molecule has 5 fully saturated rings. The highest BCUT2D eigenvalue weighted by atomic mass is 79.9. The van der Waals surface area contributed by atoms with Gasteiger partial charge < -0.3 is 26.6 Å². The molecule has 5 aliphatic carbocycles. The zero-order valence-corrected chi connectivity index (χ0v) is 58.8. The number of hydrogen-bond donors (Lipinski definition) is 5. The van der Waals surface area contributed by atoms with E-state index in [1.165, 1.54) is 161 Å². The summed E-state index contributed by atoms with van der Waals surface area (Å²) >= 11 is 10.2. The predicted octanol–water partition coefficient (Wildman–Crippen LogP) is 13.3. The lowest BCUT2D eigenvalue weighted by atomic mass is 9.73. The Kier molecular flexibility index (Phi) is 30.0. The summed E-state index contributed by atoms with van der Waals surface area (Å²) in [6.07, 6.45) is 20.5. The molecule has 18 heteroatoms.